The molecule has 1 atom stereocenters. The molecule has 7 heteroatoms. The molecule has 0 fully saturated rings. The summed E-state index contributed by atoms with van der Waals surface area (Å²) in [4.78, 5) is 25.5. The molecule has 0 aliphatic rings. The minimum absolute atomic E-state index is 0.143. The number of carbonyl (C=O) groups is 2. The Hall–Kier alpha value is -3.06. The summed E-state index contributed by atoms with van der Waals surface area (Å²) < 4.78 is 10.5. The molecule has 0 spiro atoms. The third kappa shape index (κ3) is 6.92. The molecule has 28 heavy (non-hydrogen) atoms. The fourth-order valence-corrected chi connectivity index (χ4v) is 2.68. The van der Waals surface area contributed by atoms with Crippen molar-refractivity contribution in [1.82, 2.24) is 0 Å². The van der Waals surface area contributed by atoms with Gasteiger partial charge in [0.2, 0.25) is 0 Å². The van der Waals surface area contributed by atoms with Gasteiger partial charge in [-0.1, -0.05) is 6.07 Å². The van der Waals surface area contributed by atoms with Crippen molar-refractivity contribution in [3.8, 4) is 11.5 Å². The highest BCUT2D eigenvalue weighted by atomic mass is 16.5. The highest BCUT2D eigenvalue weighted by molar-refractivity contribution is 5.93. The lowest BCUT2D eigenvalue weighted by atomic mass is 10.3. The van der Waals surface area contributed by atoms with Crippen molar-refractivity contribution in [2.75, 3.05) is 44.0 Å². The minimum atomic E-state index is -0.154. The van der Waals surface area contributed by atoms with E-state index in [-0.39, 0.29) is 24.9 Å². The third-order valence-electron chi connectivity index (χ3n) is 4.12. The zero-order valence-corrected chi connectivity index (χ0v) is 16.6. The Morgan fingerprint density at radius 3 is 2.11 bits per heavy atom. The first-order chi connectivity index (χ1) is 13.5. The van der Waals surface area contributed by atoms with Gasteiger partial charge in [0, 0.05) is 17.4 Å². The maximum Gasteiger partial charge on any atom is 0.279 e. The monoisotopic (exact) mass is 386 g/mol. The normalized spacial score (nSPS) is 11.4. The van der Waals surface area contributed by atoms with E-state index in [9.17, 15) is 9.59 Å². The van der Waals surface area contributed by atoms with Crippen molar-refractivity contribution in [1.29, 1.82) is 0 Å². The van der Waals surface area contributed by atoms with E-state index >= 15 is 0 Å². The van der Waals surface area contributed by atoms with Gasteiger partial charge in [-0.05, 0) is 50.2 Å². The topological polar surface area (TPSA) is 81.1 Å². The van der Waals surface area contributed by atoms with Gasteiger partial charge in [-0.25, -0.2) is 0 Å². The van der Waals surface area contributed by atoms with Crippen LogP contribution in [0.1, 0.15) is 13.8 Å². The molecule has 150 valence electrons. The van der Waals surface area contributed by atoms with Gasteiger partial charge >= 0.3 is 0 Å². The Labute approximate surface area is 165 Å². The molecule has 0 saturated heterocycles. The molecule has 0 bridgehead atoms. The van der Waals surface area contributed by atoms with Crippen LogP contribution in [-0.2, 0) is 9.59 Å². The second-order valence-electron chi connectivity index (χ2n) is 6.24. The summed E-state index contributed by atoms with van der Waals surface area (Å²) in [6.45, 7) is 5.51. The average Bonchev–Trinajstić information content (AvgIpc) is 2.69. The molecule has 2 rings (SSSR count). The summed E-state index contributed by atoms with van der Waals surface area (Å²) in [5.41, 5.74) is 1.36. The second-order valence-corrected chi connectivity index (χ2v) is 6.24. The number of quaternary nitrogens is 1. The predicted octanol–water partition coefficient (Wildman–Crippen LogP) is 1.58. The van der Waals surface area contributed by atoms with E-state index in [1.165, 1.54) is 0 Å². The molecular formula is C21H28N3O4+. The Morgan fingerprint density at radius 2 is 1.54 bits per heavy atom. The lowest BCUT2D eigenvalue weighted by Crippen LogP contribution is -3.13. The number of carbonyl (C=O) groups excluding carboxylic acids is 2. The molecule has 2 aromatic rings. The number of amides is 2. The van der Waals surface area contributed by atoms with Crippen LogP contribution >= 0.6 is 0 Å². The molecule has 2 aromatic carbocycles. The third-order valence-corrected chi connectivity index (χ3v) is 4.12. The Balaban J connectivity index is 1.84. The summed E-state index contributed by atoms with van der Waals surface area (Å²) in [6.07, 6.45) is 0. The molecule has 7 nitrogen and oxygen atoms in total. The summed E-state index contributed by atoms with van der Waals surface area (Å²) >= 11 is 0. The van der Waals surface area contributed by atoms with Crippen LogP contribution in [0.3, 0.4) is 0 Å². The first-order valence-electron chi connectivity index (χ1n) is 9.34. The standard InChI is InChI=1S/C21H27N3O4/c1-4-24(15-21(26)23-17-7-6-8-19(13-17)27-3)14-20(25)22-16-9-11-18(12-10-16)28-5-2/h6-13H,4-5,14-15H2,1-3H3,(H,22,25)(H,23,26)/p+1. The summed E-state index contributed by atoms with van der Waals surface area (Å²) in [5, 5.41) is 5.69. The van der Waals surface area contributed by atoms with Crippen molar-refractivity contribution in [3.05, 3.63) is 48.5 Å². The number of methoxy groups -OCH3 is 1. The van der Waals surface area contributed by atoms with Crippen molar-refractivity contribution in [3.63, 3.8) is 0 Å². The van der Waals surface area contributed by atoms with Gasteiger partial charge in [0.15, 0.2) is 13.1 Å². The van der Waals surface area contributed by atoms with E-state index in [1.54, 1.807) is 31.4 Å². The van der Waals surface area contributed by atoms with Crippen LogP contribution in [0, 0.1) is 0 Å². The average molecular weight is 386 g/mol. The van der Waals surface area contributed by atoms with E-state index in [0.717, 1.165) is 10.6 Å². The number of nitrogens with one attached hydrogen (secondary N) is 3. The lowest BCUT2D eigenvalue weighted by Gasteiger charge is -2.17. The summed E-state index contributed by atoms with van der Waals surface area (Å²) in [7, 11) is 1.58. The second kappa shape index (κ2) is 10.9. The number of ether oxygens (including phenoxy) is 2. The molecular weight excluding hydrogens is 358 g/mol. The molecule has 0 radical (unpaired) electrons. The summed E-state index contributed by atoms with van der Waals surface area (Å²) in [5.74, 6) is 1.14. The van der Waals surface area contributed by atoms with Gasteiger partial charge in [0.1, 0.15) is 11.5 Å². The van der Waals surface area contributed by atoms with Crippen molar-refractivity contribution in [2.45, 2.75) is 13.8 Å². The SMILES string of the molecule is CCOc1ccc(NC(=O)C[NH+](CC)CC(=O)Nc2cccc(OC)c2)cc1. The Kier molecular flexibility index (Phi) is 8.30. The fourth-order valence-electron chi connectivity index (χ4n) is 2.68. The maximum absolute atomic E-state index is 12.3. The minimum Gasteiger partial charge on any atom is -0.497 e. The molecule has 0 heterocycles. The molecule has 0 aromatic heterocycles. The van der Waals surface area contributed by atoms with Gasteiger partial charge in [-0.15, -0.1) is 0 Å². The first kappa shape index (κ1) is 21.2. The van der Waals surface area contributed by atoms with Crippen molar-refractivity contribution >= 4 is 23.2 Å². The number of likely N-dealkylation sites (N-methyl/N-ethyl adjacent to an activating group) is 1. The lowest BCUT2D eigenvalue weighted by molar-refractivity contribution is -0.881. The molecule has 0 aliphatic heterocycles. The van der Waals surface area contributed by atoms with E-state index in [1.807, 2.05) is 38.1 Å². The number of anilines is 2. The highest BCUT2D eigenvalue weighted by Crippen LogP contribution is 2.16. The van der Waals surface area contributed by atoms with Crippen LogP contribution in [0.5, 0.6) is 11.5 Å². The van der Waals surface area contributed by atoms with Crippen LogP contribution < -0.4 is 25.0 Å². The van der Waals surface area contributed by atoms with E-state index < -0.39 is 0 Å². The number of rotatable bonds is 10. The molecule has 2 amide bonds. The Morgan fingerprint density at radius 1 is 0.893 bits per heavy atom. The number of benzene rings is 2. The van der Waals surface area contributed by atoms with Crippen LogP contribution in [0.4, 0.5) is 11.4 Å². The molecule has 3 N–H and O–H groups in total. The van der Waals surface area contributed by atoms with Crippen LogP contribution in [0.2, 0.25) is 0 Å². The van der Waals surface area contributed by atoms with Gasteiger partial charge in [0.05, 0.1) is 20.3 Å². The zero-order valence-electron chi connectivity index (χ0n) is 16.6. The quantitative estimate of drug-likeness (QED) is 0.579. The number of hydrogen-bond acceptors (Lipinski definition) is 4. The summed E-state index contributed by atoms with van der Waals surface area (Å²) in [6, 6.07) is 14.4. The highest BCUT2D eigenvalue weighted by Gasteiger charge is 2.17. The molecule has 1 unspecified atom stereocenters. The largest absolute Gasteiger partial charge is 0.497 e. The van der Waals surface area contributed by atoms with Crippen molar-refractivity contribution in [2.24, 2.45) is 0 Å². The fraction of sp³-hybridized carbons (Fsp3) is 0.333. The molecule has 0 saturated carbocycles. The van der Waals surface area contributed by atoms with Crippen molar-refractivity contribution < 1.29 is 24.0 Å². The number of hydrogen-bond donors (Lipinski definition) is 3. The smallest absolute Gasteiger partial charge is 0.279 e. The van der Waals surface area contributed by atoms with Gasteiger partial charge in [0.25, 0.3) is 11.8 Å². The van der Waals surface area contributed by atoms with E-state index in [0.29, 0.717) is 30.3 Å². The maximum atomic E-state index is 12.3. The van der Waals surface area contributed by atoms with Crippen LogP contribution in [0.25, 0.3) is 0 Å². The van der Waals surface area contributed by atoms with E-state index in [2.05, 4.69) is 10.6 Å². The zero-order chi connectivity index (χ0) is 20.4. The van der Waals surface area contributed by atoms with Crippen LogP contribution in [0.15, 0.2) is 48.5 Å². The van der Waals surface area contributed by atoms with E-state index in [4.69, 9.17) is 9.47 Å². The predicted molar refractivity (Wildman–Crippen MR) is 109 cm³/mol. The molecule has 0 aliphatic carbocycles. The first-order valence-corrected chi connectivity index (χ1v) is 9.34. The van der Waals surface area contributed by atoms with Gasteiger partial charge in [-0.3, -0.25) is 9.59 Å². The van der Waals surface area contributed by atoms with Crippen LogP contribution in [-0.4, -0.2) is 45.2 Å². The van der Waals surface area contributed by atoms with Gasteiger partial charge < -0.3 is 25.0 Å². The van der Waals surface area contributed by atoms with Gasteiger partial charge in [-0.2, -0.15) is 0 Å². The Bertz CT molecular complexity index is 777.